The van der Waals surface area contributed by atoms with Crippen molar-refractivity contribution in [1.29, 1.82) is 0 Å². The minimum Gasteiger partial charge on any atom is -0.457 e. The average molecular weight is 1080 g/mol. The highest BCUT2D eigenvalue weighted by molar-refractivity contribution is 9.10. The third kappa shape index (κ3) is 6.52. The summed E-state index contributed by atoms with van der Waals surface area (Å²) in [7, 11) is 0. The summed E-state index contributed by atoms with van der Waals surface area (Å²) in [5.74, 6) is 3.47. The van der Waals surface area contributed by atoms with Gasteiger partial charge in [0.2, 0.25) is 0 Å². The first-order chi connectivity index (χ1) is 39.1. The number of para-hydroxylation sites is 6. The summed E-state index contributed by atoms with van der Waals surface area (Å²) < 4.78 is 16.0. The van der Waals surface area contributed by atoms with Gasteiger partial charge in [-0.15, -0.1) is 0 Å². The molecule has 0 bridgehead atoms. The van der Waals surface area contributed by atoms with E-state index in [1.54, 1.807) is 0 Å². The van der Waals surface area contributed by atoms with Gasteiger partial charge in [-0.25, -0.2) is 0 Å². The Labute approximate surface area is 464 Å². The molecule has 8 heteroatoms. The standard InChI is InChI=1S/C35H21N3O.C23H13BrN2O.C13H10/c1-5-15-29-23(10-1)24-11-2-6-16-30(24)38(29)22-20-28-34(37-21-22)33-27(14-9-19-36-33)35(28)25-12-3-7-17-31(25)39-32-18-8-4-13-26(32)35;24-14-12-18-22(26-13-14)21-17(8-5-11-25-21)23(18)15-6-1-3-9-19(15)27-20-10-4-2-7-16(20)23;1-3-7-12-10(5-1)9-11-6-2-4-8-13(11)12/h1-21H;1-13H;1-8H,9H2. The van der Waals surface area contributed by atoms with Crippen LogP contribution < -0.4 is 9.47 Å². The Morgan fingerprint density at radius 3 is 1.23 bits per heavy atom. The molecule has 2 spiro atoms. The van der Waals surface area contributed by atoms with Crippen LogP contribution in [0.2, 0.25) is 0 Å². The number of benzene rings is 8. The van der Waals surface area contributed by atoms with E-state index in [0.717, 1.165) is 118 Å². The van der Waals surface area contributed by atoms with Crippen molar-refractivity contribution in [2.24, 2.45) is 0 Å². The maximum absolute atomic E-state index is 6.47. The number of rotatable bonds is 1. The van der Waals surface area contributed by atoms with E-state index in [-0.39, 0.29) is 0 Å². The molecule has 0 fully saturated rings. The number of aromatic nitrogens is 5. The fourth-order valence-corrected chi connectivity index (χ4v) is 13.8. The largest absolute Gasteiger partial charge is 0.457 e. The molecule has 0 amide bonds. The van der Waals surface area contributed by atoms with Crippen LogP contribution in [0.1, 0.15) is 55.6 Å². The summed E-state index contributed by atoms with van der Waals surface area (Å²) >= 11 is 3.63. The number of halogens is 1. The second-order valence-corrected chi connectivity index (χ2v) is 21.4. The lowest BCUT2D eigenvalue weighted by molar-refractivity contribution is 0.436. The lowest BCUT2D eigenvalue weighted by atomic mass is 9.66. The van der Waals surface area contributed by atoms with Crippen LogP contribution in [0.4, 0.5) is 0 Å². The number of fused-ring (bicyclic) bond motifs is 24. The van der Waals surface area contributed by atoms with Crippen LogP contribution in [0.25, 0.3) is 61.4 Å². The van der Waals surface area contributed by atoms with E-state index in [0.29, 0.717) is 0 Å². The molecule has 3 aliphatic carbocycles. The zero-order valence-corrected chi connectivity index (χ0v) is 44.0. The molecule has 5 aromatic heterocycles. The zero-order chi connectivity index (χ0) is 52.2. The smallest absolute Gasteiger partial charge is 0.132 e. The Morgan fingerprint density at radius 2 is 0.734 bits per heavy atom. The average Bonchev–Trinajstić information content (AvgIpc) is 4.23. The fourth-order valence-electron chi connectivity index (χ4n) is 13.5. The molecule has 5 aliphatic rings. The number of hydrogen-bond acceptors (Lipinski definition) is 6. The molecule has 0 saturated heterocycles. The van der Waals surface area contributed by atoms with Gasteiger partial charge in [-0.3, -0.25) is 19.9 Å². The van der Waals surface area contributed by atoms with E-state index in [4.69, 9.17) is 29.4 Å². The van der Waals surface area contributed by atoms with E-state index in [1.165, 1.54) is 33.0 Å². The quantitative estimate of drug-likeness (QED) is 0.163. The number of ether oxygens (including phenoxy) is 2. The molecule has 13 aromatic rings. The predicted octanol–water partition coefficient (Wildman–Crippen LogP) is 17.0. The van der Waals surface area contributed by atoms with E-state index in [2.05, 4.69) is 202 Å². The van der Waals surface area contributed by atoms with Crippen molar-refractivity contribution in [2.75, 3.05) is 0 Å². The van der Waals surface area contributed by atoms with E-state index in [1.807, 2.05) is 73.3 Å². The Kier molecular flexibility index (Phi) is 10.1. The lowest BCUT2D eigenvalue weighted by Gasteiger charge is -2.38. The SMILES string of the molecule is Brc1cnc2c(c1)C1(c3ccccc3Oc3ccccc31)c1cccnc1-2.c1ccc2c(c1)Cc1ccccc1-2.c1ccc2c(c1)Oc1ccccc1C21c2cccnc2-c2ncc(-n3c4ccccc4c4ccccc43)cc21. The third-order valence-electron chi connectivity index (χ3n) is 16.6. The number of nitrogens with zero attached hydrogens (tertiary/aromatic N) is 5. The summed E-state index contributed by atoms with van der Waals surface area (Å²) in [6, 6.07) is 80.7. The van der Waals surface area contributed by atoms with Crippen LogP contribution in [0.5, 0.6) is 23.0 Å². The molecular weight excluding hydrogens is 1030 g/mol. The molecule has 0 radical (unpaired) electrons. The minimum absolute atomic E-state index is 0.485. The Hall–Kier alpha value is -9.76. The van der Waals surface area contributed by atoms with Gasteiger partial charge in [-0.1, -0.05) is 170 Å². The van der Waals surface area contributed by atoms with E-state index >= 15 is 0 Å². The van der Waals surface area contributed by atoms with Gasteiger partial charge < -0.3 is 14.0 Å². The van der Waals surface area contributed by atoms with Crippen molar-refractivity contribution < 1.29 is 9.47 Å². The first kappa shape index (κ1) is 45.4. The van der Waals surface area contributed by atoms with Gasteiger partial charge in [0.05, 0.1) is 56.5 Å². The van der Waals surface area contributed by atoms with Crippen molar-refractivity contribution in [2.45, 2.75) is 17.3 Å². The summed E-state index contributed by atoms with van der Waals surface area (Å²) in [6.45, 7) is 0. The second-order valence-electron chi connectivity index (χ2n) is 20.5. The molecule has 0 N–H and O–H groups in total. The summed E-state index contributed by atoms with van der Waals surface area (Å²) in [4.78, 5) is 19.5. The summed E-state index contributed by atoms with van der Waals surface area (Å²) in [6.07, 6.45) is 8.63. The highest BCUT2D eigenvalue weighted by Crippen LogP contribution is 2.63. The van der Waals surface area contributed by atoms with Gasteiger partial charge in [-0.05, 0) is 116 Å². The van der Waals surface area contributed by atoms with Gasteiger partial charge in [0.25, 0.3) is 0 Å². The third-order valence-corrected chi connectivity index (χ3v) is 17.0. The maximum atomic E-state index is 6.47. The van der Waals surface area contributed by atoms with Crippen molar-refractivity contribution in [1.82, 2.24) is 24.5 Å². The predicted molar refractivity (Wildman–Crippen MR) is 316 cm³/mol. The number of hydrogen-bond donors (Lipinski definition) is 0. The number of pyridine rings is 4. The minimum atomic E-state index is -0.591. The fraction of sp³-hybridized carbons (Fsp3) is 0.0423. The molecule has 8 aromatic carbocycles. The Balaban J connectivity index is 0.000000112. The molecule has 0 unspecified atom stereocenters. The van der Waals surface area contributed by atoms with Crippen LogP contribution >= 0.6 is 15.9 Å². The van der Waals surface area contributed by atoms with Gasteiger partial charge in [0.1, 0.15) is 23.0 Å². The maximum Gasteiger partial charge on any atom is 0.132 e. The van der Waals surface area contributed by atoms with Gasteiger partial charge in [0.15, 0.2) is 0 Å². The lowest BCUT2D eigenvalue weighted by Crippen LogP contribution is -2.32. The van der Waals surface area contributed by atoms with E-state index < -0.39 is 10.8 Å². The van der Waals surface area contributed by atoms with Crippen LogP contribution in [0.3, 0.4) is 0 Å². The highest BCUT2D eigenvalue weighted by Gasteiger charge is 2.54. The zero-order valence-electron chi connectivity index (χ0n) is 42.4. The molecule has 0 atom stereocenters. The molecule has 79 heavy (non-hydrogen) atoms. The first-order valence-electron chi connectivity index (χ1n) is 26.6. The molecule has 7 heterocycles. The molecule has 2 aliphatic heterocycles. The van der Waals surface area contributed by atoms with Crippen LogP contribution in [-0.4, -0.2) is 24.5 Å². The van der Waals surface area contributed by atoms with Crippen LogP contribution in [0.15, 0.2) is 260 Å². The van der Waals surface area contributed by atoms with Crippen LogP contribution in [-0.2, 0) is 17.3 Å². The molecule has 0 saturated carbocycles. The van der Waals surface area contributed by atoms with Gasteiger partial charge in [0, 0.05) is 67.2 Å². The first-order valence-corrected chi connectivity index (χ1v) is 27.4. The van der Waals surface area contributed by atoms with E-state index in [9.17, 15) is 0 Å². The Morgan fingerprint density at radius 1 is 0.354 bits per heavy atom. The van der Waals surface area contributed by atoms with Crippen molar-refractivity contribution >= 4 is 37.7 Å². The monoisotopic (exact) mass is 1080 g/mol. The summed E-state index contributed by atoms with van der Waals surface area (Å²) in [5.41, 5.74) is 20.7. The molecular formula is C71H44BrN5O2. The van der Waals surface area contributed by atoms with Gasteiger partial charge in [-0.2, -0.15) is 0 Å². The molecule has 372 valence electrons. The van der Waals surface area contributed by atoms with Crippen molar-refractivity contribution in [3.63, 3.8) is 0 Å². The molecule has 7 nitrogen and oxygen atoms in total. The van der Waals surface area contributed by atoms with Crippen molar-refractivity contribution in [3.05, 3.63) is 315 Å². The van der Waals surface area contributed by atoms with Crippen molar-refractivity contribution in [3.8, 4) is 62.6 Å². The second kappa shape index (κ2) is 17.6. The molecule has 18 rings (SSSR count). The highest BCUT2D eigenvalue weighted by atomic mass is 79.9. The summed E-state index contributed by atoms with van der Waals surface area (Å²) in [5, 5.41) is 2.46. The topological polar surface area (TPSA) is 75.0 Å². The Bertz CT molecular complexity index is 4470. The normalized spacial score (nSPS) is 14.0. The van der Waals surface area contributed by atoms with Crippen LogP contribution in [0, 0.1) is 0 Å². The van der Waals surface area contributed by atoms with Gasteiger partial charge >= 0.3 is 0 Å².